The van der Waals surface area contributed by atoms with E-state index in [0.29, 0.717) is 11.5 Å². The average molecular weight is 385 g/mol. The quantitative estimate of drug-likeness (QED) is 0.729. The van der Waals surface area contributed by atoms with Crippen molar-refractivity contribution in [2.45, 2.75) is 52.5 Å². The van der Waals surface area contributed by atoms with Gasteiger partial charge in [-0.05, 0) is 83.8 Å². The van der Waals surface area contributed by atoms with Gasteiger partial charge in [0.15, 0.2) is 0 Å². The molecule has 3 unspecified atom stereocenters. The van der Waals surface area contributed by atoms with Gasteiger partial charge in [0, 0.05) is 9.61 Å². The highest BCUT2D eigenvalue weighted by Gasteiger charge is 2.38. The summed E-state index contributed by atoms with van der Waals surface area (Å²) in [7, 11) is 2.14. The third-order valence-corrected chi connectivity index (χ3v) is 5.78. The van der Waals surface area contributed by atoms with Crippen molar-refractivity contribution in [1.82, 2.24) is 5.32 Å². The lowest BCUT2D eigenvalue weighted by atomic mass is 9.64. The fourth-order valence-corrected chi connectivity index (χ4v) is 4.25. The van der Waals surface area contributed by atoms with E-state index in [9.17, 15) is 0 Å². The van der Waals surface area contributed by atoms with Gasteiger partial charge in [0.05, 0.1) is 0 Å². The highest BCUT2D eigenvalue weighted by Crippen LogP contribution is 2.42. The van der Waals surface area contributed by atoms with Gasteiger partial charge in [0.25, 0.3) is 0 Å². The molecule has 0 amide bonds. The standard InChI is InChI=1S/C18H28IN/c1-13-5-10-16(17(11-13)20-4)18(2,3)12-14-6-8-15(19)9-7-14/h6-9,13,16-17,20H,5,10-12H2,1-4H3. The van der Waals surface area contributed by atoms with Crippen molar-refractivity contribution < 1.29 is 0 Å². The van der Waals surface area contributed by atoms with Crippen LogP contribution < -0.4 is 5.32 Å². The van der Waals surface area contributed by atoms with E-state index in [1.807, 2.05) is 0 Å². The van der Waals surface area contributed by atoms with Crippen molar-refractivity contribution in [3.63, 3.8) is 0 Å². The van der Waals surface area contributed by atoms with Crippen LogP contribution in [0.1, 0.15) is 45.6 Å². The Hall–Kier alpha value is -0.0900. The summed E-state index contributed by atoms with van der Waals surface area (Å²) in [6.45, 7) is 7.30. The Morgan fingerprint density at radius 1 is 1.20 bits per heavy atom. The number of rotatable bonds is 4. The Morgan fingerprint density at radius 2 is 1.85 bits per heavy atom. The van der Waals surface area contributed by atoms with Gasteiger partial charge in [-0.15, -0.1) is 0 Å². The van der Waals surface area contributed by atoms with Gasteiger partial charge < -0.3 is 5.32 Å². The SMILES string of the molecule is CNC1CC(C)CCC1C(C)(C)Cc1ccc(I)cc1. The van der Waals surface area contributed by atoms with Crippen LogP contribution in [0.3, 0.4) is 0 Å². The molecule has 1 nitrogen and oxygen atoms in total. The smallest absolute Gasteiger partial charge is 0.0130 e. The van der Waals surface area contributed by atoms with E-state index in [-0.39, 0.29) is 0 Å². The van der Waals surface area contributed by atoms with Crippen LogP contribution in [0.5, 0.6) is 0 Å². The monoisotopic (exact) mass is 385 g/mol. The maximum absolute atomic E-state index is 3.58. The maximum atomic E-state index is 3.58. The van der Waals surface area contributed by atoms with Crippen molar-refractivity contribution in [2.24, 2.45) is 17.3 Å². The Bertz CT molecular complexity index is 424. The summed E-state index contributed by atoms with van der Waals surface area (Å²) in [6.07, 6.45) is 5.27. The number of hydrogen-bond donors (Lipinski definition) is 1. The highest BCUT2D eigenvalue weighted by molar-refractivity contribution is 14.1. The summed E-state index contributed by atoms with van der Waals surface area (Å²) in [5.41, 5.74) is 1.84. The minimum absolute atomic E-state index is 0.362. The number of benzene rings is 1. The molecular formula is C18H28IN. The molecule has 2 rings (SSSR count). The molecule has 1 fully saturated rings. The van der Waals surface area contributed by atoms with E-state index in [1.165, 1.54) is 34.8 Å². The third kappa shape index (κ3) is 3.97. The fourth-order valence-electron chi connectivity index (χ4n) is 3.89. The van der Waals surface area contributed by atoms with Crippen molar-refractivity contribution in [3.8, 4) is 0 Å². The van der Waals surface area contributed by atoms with E-state index in [1.54, 1.807) is 0 Å². The summed E-state index contributed by atoms with van der Waals surface area (Å²) >= 11 is 2.38. The first-order chi connectivity index (χ1) is 9.42. The van der Waals surface area contributed by atoms with Gasteiger partial charge in [0.2, 0.25) is 0 Å². The molecule has 1 aromatic carbocycles. The Morgan fingerprint density at radius 3 is 2.45 bits per heavy atom. The zero-order valence-corrected chi connectivity index (χ0v) is 15.4. The summed E-state index contributed by atoms with van der Waals surface area (Å²) in [5.74, 6) is 1.65. The van der Waals surface area contributed by atoms with Crippen LogP contribution in [0.25, 0.3) is 0 Å². The zero-order valence-electron chi connectivity index (χ0n) is 13.2. The second-order valence-electron chi connectivity index (χ2n) is 7.21. The Labute approximate surface area is 138 Å². The van der Waals surface area contributed by atoms with Gasteiger partial charge in [-0.25, -0.2) is 0 Å². The van der Waals surface area contributed by atoms with E-state index < -0.39 is 0 Å². The number of halogens is 1. The lowest BCUT2D eigenvalue weighted by molar-refractivity contribution is 0.0980. The van der Waals surface area contributed by atoms with Gasteiger partial charge in [-0.3, -0.25) is 0 Å². The molecule has 1 saturated carbocycles. The molecule has 3 atom stereocenters. The second kappa shape index (κ2) is 6.78. The first kappa shape index (κ1) is 16.3. The first-order valence-electron chi connectivity index (χ1n) is 7.84. The zero-order chi connectivity index (χ0) is 14.8. The molecular weight excluding hydrogens is 357 g/mol. The van der Waals surface area contributed by atoms with Crippen LogP contribution >= 0.6 is 22.6 Å². The van der Waals surface area contributed by atoms with E-state index >= 15 is 0 Å². The topological polar surface area (TPSA) is 12.0 Å². The summed E-state index contributed by atoms with van der Waals surface area (Å²) < 4.78 is 1.32. The van der Waals surface area contributed by atoms with Gasteiger partial charge in [0.1, 0.15) is 0 Å². The lowest BCUT2D eigenvalue weighted by Crippen LogP contribution is -2.46. The molecule has 0 aliphatic heterocycles. The van der Waals surface area contributed by atoms with E-state index in [2.05, 4.69) is 80.0 Å². The largest absolute Gasteiger partial charge is 0.317 e. The predicted octanol–water partition coefficient (Wildman–Crippen LogP) is 4.88. The van der Waals surface area contributed by atoms with Crippen molar-refractivity contribution in [1.29, 1.82) is 0 Å². The molecule has 0 aromatic heterocycles. The van der Waals surface area contributed by atoms with E-state index in [4.69, 9.17) is 0 Å². The Balaban J connectivity index is 2.10. The van der Waals surface area contributed by atoms with Crippen molar-refractivity contribution in [3.05, 3.63) is 33.4 Å². The normalized spacial score (nSPS) is 27.6. The average Bonchev–Trinajstić information content (AvgIpc) is 2.40. The minimum atomic E-state index is 0.362. The molecule has 0 saturated heterocycles. The van der Waals surface area contributed by atoms with Crippen LogP contribution in [0.4, 0.5) is 0 Å². The summed E-state index contributed by atoms with van der Waals surface area (Å²) in [6, 6.07) is 9.72. The minimum Gasteiger partial charge on any atom is -0.317 e. The molecule has 0 bridgehead atoms. The van der Waals surface area contributed by atoms with Crippen molar-refractivity contribution >= 4 is 22.6 Å². The maximum Gasteiger partial charge on any atom is 0.0130 e. The van der Waals surface area contributed by atoms with Crippen LogP contribution in [0.2, 0.25) is 0 Å². The van der Waals surface area contributed by atoms with Gasteiger partial charge in [-0.1, -0.05) is 39.3 Å². The van der Waals surface area contributed by atoms with Gasteiger partial charge >= 0.3 is 0 Å². The molecule has 112 valence electrons. The molecule has 1 N–H and O–H groups in total. The molecule has 2 heteroatoms. The van der Waals surface area contributed by atoms with E-state index in [0.717, 1.165) is 11.8 Å². The molecule has 20 heavy (non-hydrogen) atoms. The molecule has 1 aromatic rings. The Kier molecular flexibility index (Phi) is 5.52. The molecule has 0 spiro atoms. The molecule has 1 aliphatic rings. The summed E-state index contributed by atoms with van der Waals surface area (Å²) in [5, 5.41) is 3.58. The van der Waals surface area contributed by atoms with Crippen LogP contribution in [-0.4, -0.2) is 13.1 Å². The number of nitrogens with one attached hydrogen (secondary N) is 1. The van der Waals surface area contributed by atoms with Crippen LogP contribution in [-0.2, 0) is 6.42 Å². The molecule has 0 heterocycles. The highest BCUT2D eigenvalue weighted by atomic mass is 127. The molecule has 0 radical (unpaired) electrons. The first-order valence-corrected chi connectivity index (χ1v) is 8.92. The fraction of sp³-hybridized carbons (Fsp3) is 0.667. The lowest BCUT2D eigenvalue weighted by Gasteiger charge is -2.44. The predicted molar refractivity (Wildman–Crippen MR) is 96.0 cm³/mol. The van der Waals surface area contributed by atoms with Crippen LogP contribution in [0.15, 0.2) is 24.3 Å². The third-order valence-electron chi connectivity index (χ3n) is 5.06. The van der Waals surface area contributed by atoms with Crippen molar-refractivity contribution in [2.75, 3.05) is 7.05 Å². The second-order valence-corrected chi connectivity index (χ2v) is 8.46. The molecule has 1 aliphatic carbocycles. The van der Waals surface area contributed by atoms with Gasteiger partial charge in [-0.2, -0.15) is 0 Å². The summed E-state index contributed by atoms with van der Waals surface area (Å²) in [4.78, 5) is 0. The number of hydrogen-bond acceptors (Lipinski definition) is 1. The van der Waals surface area contributed by atoms with Crippen LogP contribution in [0, 0.1) is 20.8 Å².